The lowest BCUT2D eigenvalue weighted by atomic mass is 10.3. The number of rotatable bonds is 7. The molecule has 2 amide bonds. The van der Waals surface area contributed by atoms with Crippen molar-refractivity contribution in [2.75, 3.05) is 25.6 Å². The van der Waals surface area contributed by atoms with E-state index < -0.39 is 39.3 Å². The maximum absolute atomic E-state index is 11.7. The molecule has 0 rings (SSSR count). The smallest absolute Gasteiger partial charge is 0.327 e. The molecule has 19 heavy (non-hydrogen) atoms. The van der Waals surface area contributed by atoms with E-state index in [0.717, 1.165) is 6.92 Å². The zero-order valence-corrected chi connectivity index (χ0v) is 11.9. The molecule has 0 bridgehead atoms. The van der Waals surface area contributed by atoms with Gasteiger partial charge in [0, 0.05) is 27.4 Å². The summed E-state index contributed by atoms with van der Waals surface area (Å²) in [5, 5.41) is 10.8. The van der Waals surface area contributed by atoms with Gasteiger partial charge in [0.15, 0.2) is 9.84 Å². The van der Waals surface area contributed by atoms with Crippen LogP contribution >= 0.6 is 0 Å². The van der Waals surface area contributed by atoms with Crippen LogP contribution in [0.3, 0.4) is 0 Å². The van der Waals surface area contributed by atoms with Gasteiger partial charge in [0.05, 0.1) is 11.5 Å². The molecule has 0 saturated heterocycles. The number of amides is 2. The Kier molecular flexibility index (Phi) is 6.46. The van der Waals surface area contributed by atoms with E-state index in [1.165, 1.54) is 19.0 Å². The van der Waals surface area contributed by atoms with Crippen LogP contribution < -0.4 is 5.32 Å². The average Bonchev–Trinajstić information content (AvgIpc) is 2.23. The third-order valence-corrected chi connectivity index (χ3v) is 3.89. The van der Waals surface area contributed by atoms with Crippen LogP contribution in [0.5, 0.6) is 0 Å². The highest BCUT2D eigenvalue weighted by Crippen LogP contribution is 2.00. The van der Waals surface area contributed by atoms with E-state index in [-0.39, 0.29) is 12.3 Å². The summed E-state index contributed by atoms with van der Waals surface area (Å²) in [5.74, 6) is -3.62. The lowest BCUT2D eigenvalue weighted by molar-refractivity contribution is -0.140. The van der Waals surface area contributed by atoms with Gasteiger partial charge in [-0.3, -0.25) is 9.59 Å². The Bertz CT molecular complexity index is 457. The highest BCUT2D eigenvalue weighted by atomic mass is 32.2. The Balaban J connectivity index is 4.60. The fraction of sp³-hybridized carbons (Fsp3) is 0.700. The number of sulfone groups is 1. The number of nitrogens with one attached hydrogen (secondary N) is 1. The Hall–Kier alpha value is -1.64. The first-order valence-electron chi connectivity index (χ1n) is 5.45. The first-order chi connectivity index (χ1) is 8.55. The van der Waals surface area contributed by atoms with Crippen molar-refractivity contribution >= 4 is 27.6 Å². The van der Waals surface area contributed by atoms with Gasteiger partial charge in [0.2, 0.25) is 11.8 Å². The average molecular weight is 294 g/mol. The van der Waals surface area contributed by atoms with E-state index in [1.54, 1.807) is 0 Å². The lowest BCUT2D eigenvalue weighted by Crippen LogP contribution is -2.45. The van der Waals surface area contributed by atoms with E-state index in [0.29, 0.717) is 0 Å². The minimum absolute atomic E-state index is 0.220. The molecule has 0 spiro atoms. The van der Waals surface area contributed by atoms with E-state index in [9.17, 15) is 22.8 Å². The predicted molar refractivity (Wildman–Crippen MR) is 67.2 cm³/mol. The fourth-order valence-electron chi connectivity index (χ4n) is 1.22. The second kappa shape index (κ2) is 7.07. The molecule has 110 valence electrons. The zero-order chi connectivity index (χ0) is 15.2. The fourth-order valence-corrected chi connectivity index (χ4v) is 2.61. The summed E-state index contributed by atoms with van der Waals surface area (Å²) < 4.78 is 23.3. The summed E-state index contributed by atoms with van der Waals surface area (Å²) in [5.41, 5.74) is 0. The Morgan fingerprint density at radius 1 is 1.26 bits per heavy atom. The number of carboxylic acid groups (broad SMARTS) is 1. The SMILES string of the molecule is CC(=O)N[C@@H](CS(=O)(=O)CCC(=O)N(C)C)C(=O)O. The van der Waals surface area contributed by atoms with Crippen LogP contribution in [-0.2, 0) is 24.2 Å². The van der Waals surface area contributed by atoms with E-state index in [1.807, 2.05) is 5.32 Å². The first-order valence-corrected chi connectivity index (χ1v) is 7.28. The normalized spacial score (nSPS) is 12.6. The number of carbonyl (C=O) groups is 3. The molecular weight excluding hydrogens is 276 g/mol. The molecule has 0 aromatic heterocycles. The van der Waals surface area contributed by atoms with Gasteiger partial charge in [-0.15, -0.1) is 0 Å². The maximum atomic E-state index is 11.7. The molecule has 2 N–H and O–H groups in total. The van der Waals surface area contributed by atoms with Crippen LogP contribution in [0.2, 0.25) is 0 Å². The topological polar surface area (TPSA) is 121 Å². The van der Waals surface area contributed by atoms with Crippen molar-refractivity contribution in [3.8, 4) is 0 Å². The molecule has 0 aliphatic rings. The van der Waals surface area contributed by atoms with Crippen molar-refractivity contribution in [2.45, 2.75) is 19.4 Å². The molecule has 9 heteroatoms. The quantitative estimate of drug-likeness (QED) is 0.587. The van der Waals surface area contributed by atoms with Gasteiger partial charge in [0.1, 0.15) is 6.04 Å². The van der Waals surface area contributed by atoms with Crippen molar-refractivity contribution in [1.82, 2.24) is 10.2 Å². The van der Waals surface area contributed by atoms with Gasteiger partial charge in [-0.2, -0.15) is 0 Å². The Labute approximate surface area is 111 Å². The lowest BCUT2D eigenvalue weighted by Gasteiger charge is -2.14. The molecule has 0 unspecified atom stereocenters. The molecule has 0 aromatic rings. The van der Waals surface area contributed by atoms with Gasteiger partial charge in [0.25, 0.3) is 0 Å². The van der Waals surface area contributed by atoms with Crippen LogP contribution in [0.25, 0.3) is 0 Å². The molecular formula is C10H18N2O6S. The number of carboxylic acids is 1. The summed E-state index contributed by atoms with van der Waals surface area (Å²) in [7, 11) is -0.758. The summed E-state index contributed by atoms with van der Waals surface area (Å²) in [6, 6.07) is -1.50. The van der Waals surface area contributed by atoms with Crippen LogP contribution in [0.4, 0.5) is 0 Å². The van der Waals surface area contributed by atoms with Crippen LogP contribution in [-0.4, -0.2) is 67.9 Å². The highest BCUT2D eigenvalue weighted by molar-refractivity contribution is 7.91. The van der Waals surface area contributed by atoms with E-state index in [4.69, 9.17) is 5.11 Å². The van der Waals surface area contributed by atoms with Gasteiger partial charge in [-0.25, -0.2) is 13.2 Å². The molecule has 0 heterocycles. The van der Waals surface area contributed by atoms with Gasteiger partial charge < -0.3 is 15.3 Å². The minimum atomic E-state index is -3.74. The second-order valence-corrected chi connectivity index (χ2v) is 6.47. The zero-order valence-electron chi connectivity index (χ0n) is 11.0. The molecule has 8 nitrogen and oxygen atoms in total. The largest absolute Gasteiger partial charge is 0.480 e. The highest BCUT2D eigenvalue weighted by Gasteiger charge is 2.26. The first kappa shape index (κ1) is 17.4. The molecule has 0 aliphatic carbocycles. The second-order valence-electron chi connectivity index (χ2n) is 4.24. The third kappa shape index (κ3) is 7.39. The summed E-state index contributed by atoms with van der Waals surface area (Å²) in [4.78, 5) is 34.1. The molecule has 0 aliphatic heterocycles. The van der Waals surface area contributed by atoms with Crippen molar-refractivity contribution in [3.63, 3.8) is 0 Å². The van der Waals surface area contributed by atoms with Gasteiger partial charge in [-0.05, 0) is 0 Å². The van der Waals surface area contributed by atoms with Gasteiger partial charge >= 0.3 is 5.97 Å². The van der Waals surface area contributed by atoms with Crippen LogP contribution in [0.1, 0.15) is 13.3 Å². The van der Waals surface area contributed by atoms with E-state index >= 15 is 0 Å². The summed E-state index contributed by atoms with van der Waals surface area (Å²) in [6.45, 7) is 1.10. The van der Waals surface area contributed by atoms with Crippen LogP contribution in [0, 0.1) is 0 Å². The molecule has 0 fully saturated rings. The number of aliphatic carboxylic acids is 1. The molecule has 0 radical (unpaired) electrons. The van der Waals surface area contributed by atoms with Crippen molar-refractivity contribution in [3.05, 3.63) is 0 Å². The number of hydrogen-bond acceptors (Lipinski definition) is 5. The van der Waals surface area contributed by atoms with Gasteiger partial charge in [-0.1, -0.05) is 0 Å². The monoisotopic (exact) mass is 294 g/mol. The number of nitrogens with zero attached hydrogens (tertiary/aromatic N) is 1. The standard InChI is InChI=1S/C10H18N2O6S/c1-7(13)11-8(10(15)16)6-19(17,18)5-4-9(14)12(2)3/h8H,4-6H2,1-3H3,(H,11,13)(H,15,16)/t8-/m0/s1. The number of hydrogen-bond donors (Lipinski definition) is 2. The van der Waals surface area contributed by atoms with E-state index in [2.05, 4.69) is 0 Å². The number of carbonyl (C=O) groups excluding carboxylic acids is 2. The summed E-state index contributed by atoms with van der Waals surface area (Å²) in [6.07, 6.45) is -0.220. The maximum Gasteiger partial charge on any atom is 0.327 e. The third-order valence-electron chi connectivity index (χ3n) is 2.22. The summed E-state index contributed by atoms with van der Waals surface area (Å²) >= 11 is 0. The minimum Gasteiger partial charge on any atom is -0.480 e. The van der Waals surface area contributed by atoms with Crippen LogP contribution in [0.15, 0.2) is 0 Å². The molecule has 0 aromatic carbocycles. The van der Waals surface area contributed by atoms with Crippen molar-refractivity contribution < 1.29 is 27.9 Å². The molecule has 1 atom stereocenters. The Morgan fingerprint density at radius 3 is 2.16 bits per heavy atom. The predicted octanol–water partition coefficient (Wildman–Crippen LogP) is -1.53. The van der Waals surface area contributed by atoms with Crippen molar-refractivity contribution in [1.29, 1.82) is 0 Å². The van der Waals surface area contributed by atoms with Crippen molar-refractivity contribution in [2.24, 2.45) is 0 Å². The molecule has 0 saturated carbocycles. The Morgan fingerprint density at radius 2 is 1.79 bits per heavy atom.